The number of nitrogens with two attached hydrogens (primary N) is 1. The van der Waals surface area contributed by atoms with Crippen LogP contribution in [0.5, 0.6) is 0 Å². The summed E-state index contributed by atoms with van der Waals surface area (Å²) in [6.45, 7) is 0. The average Bonchev–Trinajstić information content (AvgIpc) is 2.88. The second kappa shape index (κ2) is 6.00. The molecule has 2 aromatic carbocycles. The van der Waals surface area contributed by atoms with Gasteiger partial charge >= 0.3 is 0 Å². The molecule has 0 saturated carbocycles. The zero-order chi connectivity index (χ0) is 18.4. The third-order valence-electron chi connectivity index (χ3n) is 4.55. The van der Waals surface area contributed by atoms with E-state index in [1.54, 1.807) is 42.3 Å². The number of halogens is 1. The quantitative estimate of drug-likeness (QED) is 0.553. The van der Waals surface area contributed by atoms with Crippen LogP contribution >= 0.6 is 11.6 Å². The summed E-state index contributed by atoms with van der Waals surface area (Å²) in [6.07, 6.45) is 3.30. The minimum absolute atomic E-state index is 0.108. The number of benzene rings is 2. The Morgan fingerprint density at radius 3 is 2.35 bits per heavy atom. The van der Waals surface area contributed by atoms with E-state index < -0.39 is 0 Å². The van der Waals surface area contributed by atoms with Gasteiger partial charge < -0.3 is 5.73 Å². The summed E-state index contributed by atoms with van der Waals surface area (Å²) in [6, 6.07) is 11.0. The predicted molar refractivity (Wildman–Crippen MR) is 104 cm³/mol. The molecular weight excluding hydrogens is 350 g/mol. The molecule has 0 saturated heterocycles. The fraction of sp³-hybridized carbons (Fsp3) is 0.105. The fourth-order valence-electron chi connectivity index (χ4n) is 3.11. The van der Waals surface area contributed by atoms with Gasteiger partial charge in [0.05, 0.1) is 33.0 Å². The fourth-order valence-corrected chi connectivity index (χ4v) is 3.23. The van der Waals surface area contributed by atoms with Gasteiger partial charge in [0.1, 0.15) is 0 Å². The van der Waals surface area contributed by atoms with Gasteiger partial charge in [0.25, 0.3) is 5.56 Å². The van der Waals surface area contributed by atoms with Crippen molar-refractivity contribution < 1.29 is 0 Å². The van der Waals surface area contributed by atoms with Crippen LogP contribution in [0.3, 0.4) is 0 Å². The third kappa shape index (κ3) is 2.46. The van der Waals surface area contributed by atoms with Crippen LogP contribution in [-0.4, -0.2) is 19.3 Å². The molecule has 0 spiro atoms. The molecule has 2 heterocycles. The van der Waals surface area contributed by atoms with E-state index in [0.717, 1.165) is 27.9 Å². The van der Waals surface area contributed by atoms with E-state index in [1.165, 1.54) is 0 Å². The topological polar surface area (TPSA) is 78.7 Å². The van der Waals surface area contributed by atoms with Crippen molar-refractivity contribution in [2.45, 2.75) is 0 Å². The van der Waals surface area contributed by atoms with E-state index in [1.807, 2.05) is 29.9 Å². The van der Waals surface area contributed by atoms with Crippen LogP contribution in [0.15, 0.2) is 53.6 Å². The van der Waals surface area contributed by atoms with Crippen molar-refractivity contribution in [2.24, 2.45) is 14.1 Å². The Morgan fingerprint density at radius 1 is 0.923 bits per heavy atom. The van der Waals surface area contributed by atoms with Gasteiger partial charge in [-0.1, -0.05) is 23.7 Å². The minimum atomic E-state index is -0.108. The van der Waals surface area contributed by atoms with Gasteiger partial charge in [-0.3, -0.25) is 24.1 Å². The SMILES string of the molecule is Cn1c(-c2ccc3nccnc3c2)c(-c2ccc(Cl)c(N)c2)c(=O)n1C. The standard InChI is InChI=1S/C19H16ClN5O/c1-24-18(12-4-6-15-16(10-12)23-8-7-22-15)17(19(26)25(24)2)11-3-5-13(20)14(21)9-11/h3-10H,21H2,1-2H3. The highest BCUT2D eigenvalue weighted by Crippen LogP contribution is 2.33. The molecule has 0 unspecified atom stereocenters. The molecule has 26 heavy (non-hydrogen) atoms. The number of fused-ring (bicyclic) bond motifs is 1. The van der Waals surface area contributed by atoms with Gasteiger partial charge in [0.2, 0.25) is 0 Å². The number of nitrogen functional groups attached to an aromatic ring is 1. The number of rotatable bonds is 2. The maximum atomic E-state index is 12.9. The van der Waals surface area contributed by atoms with Crippen LogP contribution in [0.25, 0.3) is 33.4 Å². The van der Waals surface area contributed by atoms with Gasteiger partial charge in [0.15, 0.2) is 0 Å². The zero-order valence-corrected chi connectivity index (χ0v) is 15.0. The highest BCUT2D eigenvalue weighted by Gasteiger charge is 2.20. The van der Waals surface area contributed by atoms with Gasteiger partial charge in [-0.25, -0.2) is 0 Å². The van der Waals surface area contributed by atoms with Crippen molar-refractivity contribution in [2.75, 3.05) is 5.73 Å². The number of nitrogens with zero attached hydrogens (tertiary/aromatic N) is 4. The van der Waals surface area contributed by atoms with E-state index in [4.69, 9.17) is 17.3 Å². The van der Waals surface area contributed by atoms with E-state index in [9.17, 15) is 4.79 Å². The van der Waals surface area contributed by atoms with Crippen LogP contribution in [-0.2, 0) is 14.1 Å². The van der Waals surface area contributed by atoms with Crippen molar-refractivity contribution in [3.05, 3.63) is 64.2 Å². The van der Waals surface area contributed by atoms with Crippen molar-refractivity contribution in [1.82, 2.24) is 19.3 Å². The molecule has 7 heteroatoms. The molecule has 0 aliphatic rings. The smallest absolute Gasteiger partial charge is 0.274 e. The number of aromatic nitrogens is 4. The first kappa shape index (κ1) is 16.4. The first-order chi connectivity index (χ1) is 12.5. The maximum Gasteiger partial charge on any atom is 0.274 e. The predicted octanol–water partition coefficient (Wildman–Crippen LogP) is 3.24. The summed E-state index contributed by atoms with van der Waals surface area (Å²) in [5.74, 6) is 0. The summed E-state index contributed by atoms with van der Waals surface area (Å²) in [4.78, 5) is 21.5. The van der Waals surface area contributed by atoms with Gasteiger partial charge in [-0.05, 0) is 29.8 Å². The Morgan fingerprint density at radius 2 is 1.62 bits per heavy atom. The van der Waals surface area contributed by atoms with Gasteiger partial charge in [-0.15, -0.1) is 0 Å². The van der Waals surface area contributed by atoms with Gasteiger partial charge in [-0.2, -0.15) is 0 Å². The first-order valence-corrected chi connectivity index (χ1v) is 8.37. The maximum absolute atomic E-state index is 12.9. The molecule has 6 nitrogen and oxygen atoms in total. The van der Waals surface area contributed by atoms with Crippen LogP contribution in [0.2, 0.25) is 5.02 Å². The molecular formula is C19H16ClN5O. The number of anilines is 1. The second-order valence-corrected chi connectivity index (χ2v) is 6.48. The highest BCUT2D eigenvalue weighted by atomic mass is 35.5. The van der Waals surface area contributed by atoms with Crippen molar-refractivity contribution in [1.29, 1.82) is 0 Å². The lowest BCUT2D eigenvalue weighted by atomic mass is 10.0. The Hall–Kier alpha value is -3.12. The van der Waals surface area contributed by atoms with Crippen LogP contribution in [0, 0.1) is 0 Å². The molecule has 0 radical (unpaired) electrons. The largest absolute Gasteiger partial charge is 0.398 e. The monoisotopic (exact) mass is 365 g/mol. The Bertz CT molecular complexity index is 1210. The molecule has 0 bridgehead atoms. The minimum Gasteiger partial charge on any atom is -0.398 e. The highest BCUT2D eigenvalue weighted by molar-refractivity contribution is 6.33. The summed E-state index contributed by atoms with van der Waals surface area (Å²) in [5.41, 5.74) is 10.8. The van der Waals surface area contributed by atoms with Crippen LogP contribution in [0.1, 0.15) is 0 Å². The average molecular weight is 366 g/mol. The molecule has 4 rings (SSSR count). The first-order valence-electron chi connectivity index (χ1n) is 8.00. The van der Waals surface area contributed by atoms with Crippen LogP contribution < -0.4 is 11.3 Å². The molecule has 4 aromatic rings. The molecule has 2 N–H and O–H groups in total. The Labute approximate surface area is 154 Å². The summed E-state index contributed by atoms with van der Waals surface area (Å²) in [5, 5.41) is 0.462. The molecule has 0 atom stereocenters. The van der Waals surface area contributed by atoms with E-state index in [-0.39, 0.29) is 5.56 Å². The molecule has 130 valence electrons. The number of hydrogen-bond acceptors (Lipinski definition) is 4. The summed E-state index contributed by atoms with van der Waals surface area (Å²) >= 11 is 6.04. The lowest BCUT2D eigenvalue weighted by molar-refractivity contribution is 0.584. The molecule has 0 aliphatic heterocycles. The molecule has 0 aliphatic carbocycles. The van der Waals surface area contributed by atoms with Crippen LogP contribution in [0.4, 0.5) is 5.69 Å². The van der Waals surface area contributed by atoms with Crippen molar-refractivity contribution >= 4 is 28.3 Å². The number of hydrogen-bond donors (Lipinski definition) is 1. The van der Waals surface area contributed by atoms with Gasteiger partial charge in [0, 0.05) is 32.1 Å². The lowest BCUT2D eigenvalue weighted by Crippen LogP contribution is -2.17. The van der Waals surface area contributed by atoms with E-state index in [0.29, 0.717) is 16.3 Å². The van der Waals surface area contributed by atoms with E-state index >= 15 is 0 Å². The third-order valence-corrected chi connectivity index (χ3v) is 4.89. The van der Waals surface area contributed by atoms with Crippen molar-refractivity contribution in [3.63, 3.8) is 0 Å². The Balaban J connectivity index is 2.02. The summed E-state index contributed by atoms with van der Waals surface area (Å²) < 4.78 is 3.39. The normalized spacial score (nSPS) is 11.2. The molecule has 0 amide bonds. The molecule has 0 fully saturated rings. The molecule has 2 aromatic heterocycles. The van der Waals surface area contributed by atoms with Crippen molar-refractivity contribution in [3.8, 4) is 22.4 Å². The summed E-state index contributed by atoms with van der Waals surface area (Å²) in [7, 11) is 3.58. The zero-order valence-electron chi connectivity index (χ0n) is 14.3. The lowest BCUT2D eigenvalue weighted by Gasteiger charge is -2.09. The second-order valence-electron chi connectivity index (χ2n) is 6.07. The van der Waals surface area contributed by atoms with E-state index in [2.05, 4.69) is 9.97 Å². The Kier molecular flexibility index (Phi) is 3.77.